The smallest absolute Gasteiger partial charge is 0.319 e. The van der Waals surface area contributed by atoms with Crippen LogP contribution in [0.5, 0.6) is 0 Å². The van der Waals surface area contributed by atoms with E-state index in [2.05, 4.69) is 10.3 Å². The molecule has 3 nitrogen and oxygen atoms in total. The van der Waals surface area contributed by atoms with Crippen molar-refractivity contribution in [2.45, 2.75) is 13.1 Å². The van der Waals surface area contributed by atoms with Crippen molar-refractivity contribution in [1.29, 1.82) is 0 Å². The first-order valence-electron chi connectivity index (χ1n) is 7.56. The summed E-state index contributed by atoms with van der Waals surface area (Å²) >= 11 is 0.943. The van der Waals surface area contributed by atoms with E-state index in [1.54, 1.807) is 6.92 Å². The lowest BCUT2D eigenvalue weighted by atomic mass is 10.1. The predicted octanol–water partition coefficient (Wildman–Crippen LogP) is 5.67. The van der Waals surface area contributed by atoms with Crippen molar-refractivity contribution in [1.82, 2.24) is 4.98 Å². The van der Waals surface area contributed by atoms with Crippen LogP contribution in [0.2, 0.25) is 0 Å². The molecule has 0 fully saturated rings. The first-order valence-corrected chi connectivity index (χ1v) is 8.38. The molecule has 140 valence electrons. The number of carbonyl (C=O) groups is 1. The fourth-order valence-corrected chi connectivity index (χ4v) is 3.27. The van der Waals surface area contributed by atoms with Crippen LogP contribution in [-0.2, 0) is 6.18 Å². The van der Waals surface area contributed by atoms with Gasteiger partial charge in [0.05, 0.1) is 16.9 Å². The SMILES string of the molecule is Cc1nc(-c2ccc(C(F)(F)F)cc2)sc1C(=O)Nc1cc(F)ccc1F. The average Bonchev–Trinajstić information content (AvgIpc) is 2.99. The van der Waals surface area contributed by atoms with Gasteiger partial charge in [-0.3, -0.25) is 4.79 Å². The minimum atomic E-state index is -4.45. The third-order valence-corrected chi connectivity index (χ3v) is 4.84. The minimum Gasteiger partial charge on any atom is -0.319 e. The van der Waals surface area contributed by atoms with Gasteiger partial charge in [0.25, 0.3) is 5.91 Å². The maximum atomic E-state index is 13.7. The van der Waals surface area contributed by atoms with Crippen molar-refractivity contribution < 1.29 is 26.7 Å². The molecule has 9 heteroatoms. The van der Waals surface area contributed by atoms with Crippen LogP contribution in [0.3, 0.4) is 0 Å². The van der Waals surface area contributed by atoms with Crippen LogP contribution in [0.25, 0.3) is 10.6 Å². The second kappa shape index (κ2) is 7.07. The van der Waals surface area contributed by atoms with Gasteiger partial charge in [-0.1, -0.05) is 12.1 Å². The van der Waals surface area contributed by atoms with E-state index < -0.39 is 29.3 Å². The highest BCUT2D eigenvalue weighted by atomic mass is 32.1. The third kappa shape index (κ3) is 4.13. The van der Waals surface area contributed by atoms with Crippen molar-refractivity contribution in [3.8, 4) is 10.6 Å². The molecule has 0 unspecified atom stereocenters. The Labute approximate surface area is 154 Å². The number of rotatable bonds is 3. The number of alkyl halides is 3. The van der Waals surface area contributed by atoms with E-state index in [9.17, 15) is 26.7 Å². The Balaban J connectivity index is 1.86. The zero-order valence-corrected chi connectivity index (χ0v) is 14.5. The lowest BCUT2D eigenvalue weighted by molar-refractivity contribution is -0.137. The number of aromatic nitrogens is 1. The summed E-state index contributed by atoms with van der Waals surface area (Å²) in [6.07, 6.45) is -4.45. The van der Waals surface area contributed by atoms with Crippen LogP contribution in [0.15, 0.2) is 42.5 Å². The second-order valence-electron chi connectivity index (χ2n) is 5.59. The van der Waals surface area contributed by atoms with Crippen LogP contribution in [0.4, 0.5) is 27.6 Å². The monoisotopic (exact) mass is 398 g/mol. The molecule has 0 aliphatic carbocycles. The molecule has 3 aromatic rings. The number of nitrogens with zero attached hydrogens (tertiary/aromatic N) is 1. The first-order chi connectivity index (χ1) is 12.6. The molecule has 1 aromatic heterocycles. The van der Waals surface area contributed by atoms with Gasteiger partial charge in [-0.2, -0.15) is 13.2 Å². The highest BCUT2D eigenvalue weighted by Gasteiger charge is 2.30. The van der Waals surface area contributed by atoms with E-state index in [0.29, 0.717) is 16.3 Å². The topological polar surface area (TPSA) is 42.0 Å². The number of aryl methyl sites for hydroxylation is 1. The Hall–Kier alpha value is -2.81. The predicted molar refractivity (Wildman–Crippen MR) is 91.6 cm³/mol. The van der Waals surface area contributed by atoms with Gasteiger partial charge >= 0.3 is 6.18 Å². The number of hydrogen-bond acceptors (Lipinski definition) is 3. The third-order valence-electron chi connectivity index (χ3n) is 3.64. The molecule has 0 aliphatic heterocycles. The van der Waals surface area contributed by atoms with Crippen molar-refractivity contribution in [3.05, 3.63) is 70.2 Å². The summed E-state index contributed by atoms with van der Waals surface area (Å²) in [5.41, 5.74) is -0.376. The number of amides is 1. The maximum absolute atomic E-state index is 13.7. The average molecular weight is 398 g/mol. The van der Waals surface area contributed by atoms with Crippen LogP contribution < -0.4 is 5.32 Å². The van der Waals surface area contributed by atoms with E-state index in [-0.39, 0.29) is 10.6 Å². The molecular weight excluding hydrogens is 387 g/mol. The van der Waals surface area contributed by atoms with Crippen molar-refractivity contribution in [3.63, 3.8) is 0 Å². The Kier molecular flexibility index (Phi) is 4.97. The van der Waals surface area contributed by atoms with Crippen LogP contribution in [0.1, 0.15) is 20.9 Å². The van der Waals surface area contributed by atoms with Gasteiger partial charge in [-0.15, -0.1) is 11.3 Å². The highest BCUT2D eigenvalue weighted by Crippen LogP contribution is 2.33. The molecule has 3 rings (SSSR count). The van der Waals surface area contributed by atoms with Gasteiger partial charge in [-0.25, -0.2) is 13.8 Å². The number of carbonyl (C=O) groups excluding carboxylic acids is 1. The lowest BCUT2D eigenvalue weighted by Gasteiger charge is -2.06. The van der Waals surface area contributed by atoms with Gasteiger partial charge in [0.15, 0.2) is 0 Å². The molecule has 0 saturated carbocycles. The molecular formula is C18H11F5N2OS. The summed E-state index contributed by atoms with van der Waals surface area (Å²) in [6, 6.07) is 7.02. The lowest BCUT2D eigenvalue weighted by Crippen LogP contribution is -2.12. The molecule has 0 bridgehead atoms. The Morgan fingerprint density at radius 2 is 1.74 bits per heavy atom. The maximum Gasteiger partial charge on any atom is 0.416 e. The molecule has 1 amide bonds. The van der Waals surface area contributed by atoms with Crippen LogP contribution >= 0.6 is 11.3 Å². The van der Waals surface area contributed by atoms with Gasteiger partial charge in [-0.05, 0) is 31.2 Å². The number of halogens is 5. The summed E-state index contributed by atoms with van der Waals surface area (Å²) < 4.78 is 64.8. The normalized spacial score (nSPS) is 11.5. The summed E-state index contributed by atoms with van der Waals surface area (Å²) in [7, 11) is 0. The van der Waals surface area contributed by atoms with Gasteiger partial charge in [0.2, 0.25) is 0 Å². The fourth-order valence-electron chi connectivity index (χ4n) is 2.30. The van der Waals surface area contributed by atoms with E-state index in [1.807, 2.05) is 0 Å². The molecule has 1 N–H and O–H groups in total. The number of thiazole rings is 1. The standard InChI is InChI=1S/C18H11F5N2OS/c1-9-15(16(26)25-14-8-12(19)6-7-13(14)20)27-17(24-9)10-2-4-11(5-3-10)18(21,22)23/h2-8H,1H3,(H,25,26). The number of benzene rings is 2. The van der Waals surface area contributed by atoms with Crippen LogP contribution in [-0.4, -0.2) is 10.9 Å². The van der Waals surface area contributed by atoms with E-state index >= 15 is 0 Å². The van der Waals surface area contributed by atoms with Gasteiger partial charge in [0.1, 0.15) is 21.5 Å². The van der Waals surface area contributed by atoms with Crippen molar-refractivity contribution >= 4 is 22.9 Å². The van der Waals surface area contributed by atoms with E-state index in [0.717, 1.165) is 41.7 Å². The van der Waals surface area contributed by atoms with Crippen molar-refractivity contribution in [2.24, 2.45) is 0 Å². The Morgan fingerprint density at radius 1 is 1.07 bits per heavy atom. The molecule has 0 radical (unpaired) electrons. The summed E-state index contributed by atoms with van der Waals surface area (Å²) in [4.78, 5) is 16.7. The zero-order chi connectivity index (χ0) is 19.8. The number of hydrogen-bond donors (Lipinski definition) is 1. The quantitative estimate of drug-likeness (QED) is 0.578. The second-order valence-corrected chi connectivity index (χ2v) is 6.59. The fraction of sp³-hybridized carbons (Fsp3) is 0.111. The number of nitrogens with one attached hydrogen (secondary N) is 1. The zero-order valence-electron chi connectivity index (χ0n) is 13.7. The van der Waals surface area contributed by atoms with Crippen molar-refractivity contribution in [2.75, 3.05) is 5.32 Å². The largest absolute Gasteiger partial charge is 0.416 e. The van der Waals surface area contributed by atoms with Gasteiger partial charge < -0.3 is 5.32 Å². The highest BCUT2D eigenvalue weighted by molar-refractivity contribution is 7.17. The number of anilines is 1. The molecule has 0 spiro atoms. The van der Waals surface area contributed by atoms with Crippen LogP contribution in [0, 0.1) is 18.6 Å². The van der Waals surface area contributed by atoms with E-state index in [4.69, 9.17) is 0 Å². The summed E-state index contributed by atoms with van der Waals surface area (Å²) in [6.45, 7) is 1.54. The molecule has 2 aromatic carbocycles. The van der Waals surface area contributed by atoms with E-state index in [1.165, 1.54) is 12.1 Å². The molecule has 0 aliphatic rings. The molecule has 0 atom stereocenters. The summed E-state index contributed by atoms with van der Waals surface area (Å²) in [5.74, 6) is -2.19. The van der Waals surface area contributed by atoms with Gasteiger partial charge in [0, 0.05) is 11.6 Å². The first kappa shape index (κ1) is 19.0. The Bertz CT molecular complexity index is 996. The minimum absolute atomic E-state index is 0.147. The summed E-state index contributed by atoms with van der Waals surface area (Å²) in [5, 5.41) is 2.61. The molecule has 1 heterocycles. The molecule has 0 saturated heterocycles. The molecule has 27 heavy (non-hydrogen) atoms. The Morgan fingerprint density at radius 3 is 2.37 bits per heavy atom.